The van der Waals surface area contributed by atoms with Crippen molar-refractivity contribution in [3.05, 3.63) is 23.8 Å². The number of nitrogens with two attached hydrogens (primary N) is 1. The molecule has 2 saturated heterocycles. The molecular weight excluding hydrogens is 268 g/mol. The van der Waals surface area contributed by atoms with Crippen molar-refractivity contribution >= 4 is 0 Å². The molecule has 2 heterocycles. The molecule has 5 nitrogen and oxygen atoms in total. The van der Waals surface area contributed by atoms with Gasteiger partial charge in [0.1, 0.15) is 11.5 Å². The van der Waals surface area contributed by atoms with Crippen molar-refractivity contribution in [3.63, 3.8) is 0 Å². The molecule has 0 aromatic heterocycles. The molecule has 116 valence electrons. The molecule has 2 fully saturated rings. The number of morpholine rings is 1. The van der Waals surface area contributed by atoms with Gasteiger partial charge in [-0.1, -0.05) is 0 Å². The smallest absolute Gasteiger partial charge is 0.127 e. The summed E-state index contributed by atoms with van der Waals surface area (Å²) in [6.07, 6.45) is 2.52. The maximum Gasteiger partial charge on any atom is 0.127 e. The number of hydrogen-bond acceptors (Lipinski definition) is 5. The van der Waals surface area contributed by atoms with Crippen LogP contribution in [0, 0.1) is 0 Å². The van der Waals surface area contributed by atoms with Crippen LogP contribution in [-0.2, 0) is 4.74 Å². The Morgan fingerprint density at radius 2 is 2.19 bits per heavy atom. The van der Waals surface area contributed by atoms with E-state index < -0.39 is 0 Å². The van der Waals surface area contributed by atoms with Crippen LogP contribution in [0.5, 0.6) is 11.5 Å². The molecule has 0 spiro atoms. The van der Waals surface area contributed by atoms with E-state index in [0.717, 1.165) is 36.8 Å². The number of nitrogens with zero attached hydrogens (tertiary/aromatic N) is 1. The second-order valence-electron chi connectivity index (χ2n) is 5.80. The standard InChI is InChI=1S/C16H24N2O3/c1-19-12-5-6-13(14(8-12)20-2)16(17)15-9-18-7-3-4-11(18)10-21-15/h5-6,8,11,15-16H,3-4,7,9-10,17H2,1-2H3. The molecule has 0 aliphatic carbocycles. The minimum atomic E-state index is -0.188. The van der Waals surface area contributed by atoms with Gasteiger partial charge in [-0.2, -0.15) is 0 Å². The summed E-state index contributed by atoms with van der Waals surface area (Å²) in [5.74, 6) is 1.53. The van der Waals surface area contributed by atoms with E-state index in [4.69, 9.17) is 19.9 Å². The Labute approximate surface area is 126 Å². The second-order valence-corrected chi connectivity index (χ2v) is 5.80. The van der Waals surface area contributed by atoms with Gasteiger partial charge in [0.25, 0.3) is 0 Å². The van der Waals surface area contributed by atoms with Crippen LogP contribution in [0.2, 0.25) is 0 Å². The van der Waals surface area contributed by atoms with Crippen LogP contribution in [0.25, 0.3) is 0 Å². The zero-order valence-electron chi connectivity index (χ0n) is 12.7. The first-order valence-corrected chi connectivity index (χ1v) is 7.56. The summed E-state index contributed by atoms with van der Waals surface area (Å²) in [5.41, 5.74) is 7.42. The van der Waals surface area contributed by atoms with E-state index in [0.29, 0.717) is 6.04 Å². The van der Waals surface area contributed by atoms with Crippen molar-refractivity contribution in [2.45, 2.75) is 31.0 Å². The number of ether oxygens (including phenoxy) is 3. The fraction of sp³-hybridized carbons (Fsp3) is 0.625. The fourth-order valence-electron chi connectivity index (χ4n) is 3.35. The largest absolute Gasteiger partial charge is 0.497 e. The van der Waals surface area contributed by atoms with Crippen LogP contribution in [0.4, 0.5) is 0 Å². The summed E-state index contributed by atoms with van der Waals surface area (Å²) in [6.45, 7) is 2.86. The molecule has 2 aliphatic rings. The molecule has 0 amide bonds. The third-order valence-electron chi connectivity index (χ3n) is 4.62. The molecule has 21 heavy (non-hydrogen) atoms. The minimum Gasteiger partial charge on any atom is -0.497 e. The first-order chi connectivity index (χ1) is 10.2. The van der Waals surface area contributed by atoms with Gasteiger partial charge in [0.05, 0.1) is 33.0 Å². The summed E-state index contributed by atoms with van der Waals surface area (Å²) in [6, 6.07) is 6.16. The molecular formula is C16H24N2O3. The van der Waals surface area contributed by atoms with Gasteiger partial charge >= 0.3 is 0 Å². The third kappa shape index (κ3) is 2.86. The number of fused-ring (bicyclic) bond motifs is 1. The zero-order valence-corrected chi connectivity index (χ0v) is 12.7. The van der Waals surface area contributed by atoms with E-state index in [1.54, 1.807) is 14.2 Å². The predicted molar refractivity (Wildman–Crippen MR) is 80.8 cm³/mol. The normalized spacial score (nSPS) is 27.2. The Hall–Kier alpha value is -1.30. The van der Waals surface area contributed by atoms with Gasteiger partial charge in [-0.25, -0.2) is 0 Å². The number of methoxy groups -OCH3 is 2. The average Bonchev–Trinajstić information content (AvgIpc) is 3.01. The summed E-state index contributed by atoms with van der Waals surface area (Å²) < 4.78 is 16.7. The topological polar surface area (TPSA) is 57.0 Å². The van der Waals surface area contributed by atoms with Crippen LogP contribution >= 0.6 is 0 Å². The van der Waals surface area contributed by atoms with Crippen molar-refractivity contribution < 1.29 is 14.2 Å². The van der Waals surface area contributed by atoms with E-state index in [9.17, 15) is 0 Å². The lowest BCUT2D eigenvalue weighted by atomic mass is 9.99. The van der Waals surface area contributed by atoms with Crippen molar-refractivity contribution in [1.29, 1.82) is 0 Å². The van der Waals surface area contributed by atoms with E-state index in [2.05, 4.69) is 4.90 Å². The molecule has 1 aromatic carbocycles. The van der Waals surface area contributed by atoms with Crippen molar-refractivity contribution in [2.24, 2.45) is 5.73 Å². The molecule has 5 heteroatoms. The molecule has 1 aromatic rings. The van der Waals surface area contributed by atoms with Gasteiger partial charge in [0.2, 0.25) is 0 Å². The average molecular weight is 292 g/mol. The van der Waals surface area contributed by atoms with Gasteiger partial charge in [0.15, 0.2) is 0 Å². The summed E-state index contributed by atoms with van der Waals surface area (Å²) in [7, 11) is 3.30. The van der Waals surface area contributed by atoms with E-state index in [-0.39, 0.29) is 12.1 Å². The second kappa shape index (κ2) is 6.22. The molecule has 0 radical (unpaired) electrons. The Kier molecular flexibility index (Phi) is 4.33. The maximum absolute atomic E-state index is 6.45. The Bertz CT molecular complexity index is 494. The highest BCUT2D eigenvalue weighted by Gasteiger charge is 2.35. The summed E-state index contributed by atoms with van der Waals surface area (Å²) in [4.78, 5) is 2.50. The molecule has 3 unspecified atom stereocenters. The quantitative estimate of drug-likeness (QED) is 0.913. The lowest BCUT2D eigenvalue weighted by molar-refractivity contribution is -0.0599. The maximum atomic E-state index is 6.45. The summed E-state index contributed by atoms with van der Waals surface area (Å²) >= 11 is 0. The SMILES string of the molecule is COc1ccc(C(N)C2CN3CCCC3CO2)c(OC)c1. The van der Waals surface area contributed by atoms with Crippen LogP contribution < -0.4 is 15.2 Å². The highest BCUT2D eigenvalue weighted by molar-refractivity contribution is 5.43. The van der Waals surface area contributed by atoms with Gasteiger partial charge in [-0.3, -0.25) is 4.90 Å². The highest BCUT2D eigenvalue weighted by Crippen LogP contribution is 2.33. The molecule has 3 atom stereocenters. The number of rotatable bonds is 4. The van der Waals surface area contributed by atoms with Crippen LogP contribution in [0.1, 0.15) is 24.4 Å². The molecule has 2 aliphatic heterocycles. The van der Waals surface area contributed by atoms with Gasteiger partial charge in [0, 0.05) is 24.2 Å². The van der Waals surface area contributed by atoms with Crippen molar-refractivity contribution in [1.82, 2.24) is 4.90 Å². The Morgan fingerprint density at radius 1 is 1.33 bits per heavy atom. The summed E-state index contributed by atoms with van der Waals surface area (Å²) in [5, 5.41) is 0. The first kappa shape index (κ1) is 14.6. The van der Waals surface area contributed by atoms with Crippen molar-refractivity contribution in [3.8, 4) is 11.5 Å². The Balaban J connectivity index is 1.76. The van der Waals surface area contributed by atoms with Crippen LogP contribution in [-0.4, -0.2) is 51.0 Å². The predicted octanol–water partition coefficient (Wildman–Crippen LogP) is 1.57. The molecule has 0 saturated carbocycles. The third-order valence-corrected chi connectivity index (χ3v) is 4.62. The van der Waals surface area contributed by atoms with E-state index in [1.807, 2.05) is 18.2 Å². The number of hydrogen-bond donors (Lipinski definition) is 1. The van der Waals surface area contributed by atoms with E-state index in [1.165, 1.54) is 12.8 Å². The van der Waals surface area contributed by atoms with Crippen LogP contribution in [0.15, 0.2) is 18.2 Å². The van der Waals surface area contributed by atoms with Crippen LogP contribution in [0.3, 0.4) is 0 Å². The molecule has 3 rings (SSSR count). The Morgan fingerprint density at radius 3 is 2.95 bits per heavy atom. The fourth-order valence-corrected chi connectivity index (χ4v) is 3.35. The zero-order chi connectivity index (χ0) is 14.8. The monoisotopic (exact) mass is 292 g/mol. The van der Waals surface area contributed by atoms with Crippen molar-refractivity contribution in [2.75, 3.05) is 33.9 Å². The molecule has 2 N–H and O–H groups in total. The molecule has 0 bridgehead atoms. The lowest BCUT2D eigenvalue weighted by Crippen LogP contribution is -2.49. The lowest BCUT2D eigenvalue weighted by Gasteiger charge is -2.38. The van der Waals surface area contributed by atoms with Gasteiger partial charge < -0.3 is 19.9 Å². The number of benzene rings is 1. The first-order valence-electron chi connectivity index (χ1n) is 7.56. The van der Waals surface area contributed by atoms with Gasteiger partial charge in [-0.15, -0.1) is 0 Å². The minimum absolute atomic E-state index is 0.0154. The van der Waals surface area contributed by atoms with Gasteiger partial charge in [-0.05, 0) is 31.5 Å². The highest BCUT2D eigenvalue weighted by atomic mass is 16.5. The van der Waals surface area contributed by atoms with E-state index >= 15 is 0 Å².